The molecule has 4 aromatic carbocycles. The lowest BCUT2D eigenvalue weighted by Gasteiger charge is -2.16. The summed E-state index contributed by atoms with van der Waals surface area (Å²) in [6.45, 7) is 4.46. The second kappa shape index (κ2) is 11.2. The zero-order valence-corrected chi connectivity index (χ0v) is 20.4. The predicted octanol–water partition coefficient (Wildman–Crippen LogP) is 5.24. The zero-order valence-electron chi connectivity index (χ0n) is 19.6. The van der Waals surface area contributed by atoms with E-state index >= 15 is 0 Å². The number of hydrogen-bond donors (Lipinski definition) is 3. The highest BCUT2D eigenvalue weighted by Crippen LogP contribution is 2.30. The molecule has 0 aliphatic carbocycles. The molecule has 4 aromatic rings. The van der Waals surface area contributed by atoms with E-state index in [1.54, 1.807) is 42.5 Å². The third kappa shape index (κ3) is 5.70. The number of rotatable bonds is 10. The summed E-state index contributed by atoms with van der Waals surface area (Å²) in [6, 6.07) is 27.4. The van der Waals surface area contributed by atoms with Crippen molar-refractivity contribution in [1.29, 1.82) is 5.41 Å². The topological polar surface area (TPSA) is 91.3 Å². The van der Waals surface area contributed by atoms with Crippen LogP contribution in [0.25, 0.3) is 10.8 Å². The van der Waals surface area contributed by atoms with Gasteiger partial charge in [0.1, 0.15) is 12.4 Å². The van der Waals surface area contributed by atoms with Crippen LogP contribution in [0.5, 0.6) is 5.75 Å². The van der Waals surface area contributed by atoms with Crippen LogP contribution in [0.15, 0.2) is 95.9 Å². The first-order valence-electron chi connectivity index (χ1n) is 11.6. The lowest BCUT2D eigenvalue weighted by Crippen LogP contribution is -2.21. The number of nitrogens with one attached hydrogen (secondary N) is 3. The summed E-state index contributed by atoms with van der Waals surface area (Å²) in [6.07, 6.45) is 0. The Morgan fingerprint density at radius 3 is 2.46 bits per heavy atom. The minimum atomic E-state index is -4.09. The molecule has 0 aromatic heterocycles. The van der Waals surface area contributed by atoms with E-state index in [4.69, 9.17) is 10.1 Å². The third-order valence-electron chi connectivity index (χ3n) is 5.67. The molecule has 6 nitrogen and oxygen atoms in total. The molecule has 0 aliphatic rings. The average molecular weight is 488 g/mol. The summed E-state index contributed by atoms with van der Waals surface area (Å²) in [5.74, 6) is 0.515. The number of likely N-dealkylation sites (N-methyl/N-ethyl adjacent to an activating group) is 1. The van der Waals surface area contributed by atoms with Gasteiger partial charge in [-0.1, -0.05) is 73.7 Å². The smallest absolute Gasteiger partial charge is 0.224 e. The standard InChI is InChI=1S/C28H29N3O3S/c1-2-30-17-18-34-23-15-16-26(31-20-21-9-4-3-5-10-21)25(19-23)28(29)35(32,33)27-14-8-12-22-11-6-7-13-24(22)27/h3-16,19,29-31H,2,17-18,20H2,1H3. The monoisotopic (exact) mass is 487 g/mol. The summed E-state index contributed by atoms with van der Waals surface area (Å²) in [5, 5.41) is 16.2. The summed E-state index contributed by atoms with van der Waals surface area (Å²) in [7, 11) is -4.09. The fraction of sp³-hybridized carbons (Fsp3) is 0.179. The van der Waals surface area contributed by atoms with Crippen molar-refractivity contribution in [3.8, 4) is 5.75 Å². The quantitative estimate of drug-likeness (QED) is 0.162. The minimum Gasteiger partial charge on any atom is -0.492 e. The minimum absolute atomic E-state index is 0.119. The lowest BCUT2D eigenvalue weighted by atomic mass is 10.1. The Bertz CT molecular complexity index is 1410. The Kier molecular flexibility index (Phi) is 7.80. The Morgan fingerprint density at radius 1 is 0.914 bits per heavy atom. The maximum absolute atomic E-state index is 13.7. The molecule has 3 N–H and O–H groups in total. The summed E-state index contributed by atoms with van der Waals surface area (Å²) in [4.78, 5) is 0.119. The van der Waals surface area contributed by atoms with Crippen LogP contribution in [0.3, 0.4) is 0 Å². The molecular weight excluding hydrogens is 458 g/mol. The van der Waals surface area contributed by atoms with Gasteiger partial charge in [0, 0.05) is 29.7 Å². The molecule has 180 valence electrons. The van der Waals surface area contributed by atoms with Crippen LogP contribution in [0, 0.1) is 5.41 Å². The van der Waals surface area contributed by atoms with Gasteiger partial charge < -0.3 is 15.4 Å². The molecule has 0 fully saturated rings. The summed E-state index contributed by atoms with van der Waals surface area (Å²) < 4.78 is 33.2. The molecule has 0 radical (unpaired) electrons. The van der Waals surface area contributed by atoms with Gasteiger partial charge in [-0.2, -0.15) is 0 Å². The highest BCUT2D eigenvalue weighted by molar-refractivity contribution is 8.07. The molecule has 0 bridgehead atoms. The van der Waals surface area contributed by atoms with Crippen LogP contribution in [0.2, 0.25) is 0 Å². The van der Waals surface area contributed by atoms with Crippen molar-refractivity contribution in [2.45, 2.75) is 18.4 Å². The van der Waals surface area contributed by atoms with Gasteiger partial charge >= 0.3 is 0 Å². The van der Waals surface area contributed by atoms with Crippen molar-refractivity contribution in [2.75, 3.05) is 25.0 Å². The molecule has 0 saturated carbocycles. The van der Waals surface area contributed by atoms with Crippen molar-refractivity contribution in [2.24, 2.45) is 0 Å². The Balaban J connectivity index is 1.70. The average Bonchev–Trinajstić information content (AvgIpc) is 2.90. The summed E-state index contributed by atoms with van der Waals surface area (Å²) in [5.41, 5.74) is 1.88. The van der Waals surface area contributed by atoms with Gasteiger partial charge in [-0.3, -0.25) is 5.41 Å². The lowest BCUT2D eigenvalue weighted by molar-refractivity contribution is 0.315. The van der Waals surface area contributed by atoms with Gasteiger partial charge in [0.25, 0.3) is 0 Å². The van der Waals surface area contributed by atoms with Crippen molar-refractivity contribution >= 4 is 31.3 Å². The van der Waals surface area contributed by atoms with Gasteiger partial charge in [0.05, 0.1) is 4.90 Å². The molecule has 0 amide bonds. The van der Waals surface area contributed by atoms with Crippen LogP contribution in [0.4, 0.5) is 5.69 Å². The van der Waals surface area contributed by atoms with Crippen molar-refractivity contribution in [1.82, 2.24) is 5.32 Å². The Hall–Kier alpha value is -3.68. The van der Waals surface area contributed by atoms with Gasteiger partial charge in [0.15, 0.2) is 5.04 Å². The van der Waals surface area contributed by atoms with E-state index in [-0.39, 0.29) is 10.5 Å². The molecule has 35 heavy (non-hydrogen) atoms. The fourth-order valence-corrected chi connectivity index (χ4v) is 5.26. The molecule has 0 atom stereocenters. The van der Waals surface area contributed by atoms with Crippen LogP contribution >= 0.6 is 0 Å². The number of benzene rings is 4. The number of fused-ring (bicyclic) bond motifs is 1. The van der Waals surface area contributed by atoms with Gasteiger partial charge in [-0.25, -0.2) is 8.42 Å². The molecule has 0 heterocycles. The molecule has 0 unspecified atom stereocenters. The maximum atomic E-state index is 13.7. The molecular formula is C28H29N3O3S. The number of hydrogen-bond acceptors (Lipinski definition) is 6. The highest BCUT2D eigenvalue weighted by Gasteiger charge is 2.27. The van der Waals surface area contributed by atoms with Crippen molar-refractivity contribution in [3.05, 3.63) is 102 Å². The van der Waals surface area contributed by atoms with E-state index in [1.165, 1.54) is 0 Å². The van der Waals surface area contributed by atoms with Gasteiger partial charge in [-0.05, 0) is 41.8 Å². The first-order chi connectivity index (χ1) is 17.0. The van der Waals surface area contributed by atoms with Crippen LogP contribution < -0.4 is 15.4 Å². The first kappa shape index (κ1) is 24.4. The van der Waals surface area contributed by atoms with Crippen LogP contribution in [-0.2, 0) is 16.4 Å². The second-order valence-electron chi connectivity index (χ2n) is 8.06. The zero-order chi connectivity index (χ0) is 24.7. The second-order valence-corrected chi connectivity index (χ2v) is 9.91. The molecule has 4 rings (SSSR count). The van der Waals surface area contributed by atoms with Crippen LogP contribution in [0.1, 0.15) is 18.1 Å². The Morgan fingerprint density at radius 2 is 1.66 bits per heavy atom. The first-order valence-corrected chi connectivity index (χ1v) is 13.1. The molecule has 0 saturated heterocycles. The SMILES string of the molecule is CCNCCOc1ccc(NCc2ccccc2)c(C(=N)S(=O)(=O)c2cccc3ccccc23)c1. The number of anilines is 1. The molecule has 7 heteroatoms. The normalized spacial score (nSPS) is 11.3. The van der Waals surface area contributed by atoms with Gasteiger partial charge in [0.2, 0.25) is 9.84 Å². The molecule has 0 spiro atoms. The van der Waals surface area contributed by atoms with E-state index in [2.05, 4.69) is 10.6 Å². The number of sulfone groups is 1. The highest BCUT2D eigenvalue weighted by atomic mass is 32.2. The number of ether oxygens (including phenoxy) is 1. The summed E-state index contributed by atoms with van der Waals surface area (Å²) >= 11 is 0. The largest absolute Gasteiger partial charge is 0.492 e. The van der Waals surface area contributed by atoms with E-state index in [1.807, 2.05) is 55.5 Å². The predicted molar refractivity (Wildman–Crippen MR) is 142 cm³/mol. The van der Waals surface area contributed by atoms with E-state index in [0.29, 0.717) is 36.5 Å². The molecule has 0 aliphatic heterocycles. The maximum Gasteiger partial charge on any atom is 0.224 e. The third-order valence-corrected chi connectivity index (χ3v) is 7.36. The van der Waals surface area contributed by atoms with Crippen molar-refractivity contribution in [3.63, 3.8) is 0 Å². The van der Waals surface area contributed by atoms with Crippen molar-refractivity contribution < 1.29 is 13.2 Å². The van der Waals surface area contributed by atoms with Gasteiger partial charge in [-0.15, -0.1) is 0 Å². The van der Waals surface area contributed by atoms with E-state index in [0.717, 1.165) is 17.5 Å². The Labute approximate surface area is 206 Å². The van der Waals surface area contributed by atoms with E-state index < -0.39 is 14.9 Å². The van der Waals surface area contributed by atoms with E-state index in [9.17, 15) is 8.42 Å². The van der Waals surface area contributed by atoms with Crippen LogP contribution in [-0.4, -0.2) is 33.2 Å². The fourth-order valence-electron chi connectivity index (χ4n) is 3.85.